The minimum Gasteiger partial charge on any atom is -0.490 e. The molecule has 0 aromatic heterocycles. The van der Waals surface area contributed by atoms with E-state index in [0.29, 0.717) is 6.54 Å². The van der Waals surface area contributed by atoms with Crippen LogP contribution in [0, 0.1) is 0 Å². The fourth-order valence-corrected chi connectivity index (χ4v) is 1.78. The summed E-state index contributed by atoms with van der Waals surface area (Å²) in [6, 6.07) is 7.64. The first-order valence-corrected chi connectivity index (χ1v) is 5.75. The number of carbonyl (C=O) groups excluding carboxylic acids is 1. The molecule has 0 N–H and O–H groups in total. The number of benzene rings is 1. The molecule has 1 saturated heterocycles. The highest BCUT2D eigenvalue weighted by Gasteiger charge is 2.14. The molecule has 1 heterocycles. The number of rotatable bonds is 4. The van der Waals surface area contributed by atoms with Gasteiger partial charge in [0.05, 0.1) is 19.8 Å². The van der Waals surface area contributed by atoms with Crippen molar-refractivity contribution in [2.24, 2.45) is 4.99 Å². The highest BCUT2D eigenvalue weighted by Crippen LogP contribution is 2.18. The summed E-state index contributed by atoms with van der Waals surface area (Å²) < 4.78 is 11.1. The van der Waals surface area contributed by atoms with E-state index in [0.717, 1.165) is 37.4 Å². The molecule has 1 aliphatic rings. The summed E-state index contributed by atoms with van der Waals surface area (Å²) in [6.45, 7) is 1.93. The van der Waals surface area contributed by atoms with Gasteiger partial charge in [-0.2, -0.15) is 0 Å². The Morgan fingerprint density at radius 3 is 2.65 bits per heavy atom. The zero-order valence-corrected chi connectivity index (χ0v) is 9.59. The molecule has 17 heavy (non-hydrogen) atoms. The van der Waals surface area contributed by atoms with Gasteiger partial charge in [-0.1, -0.05) is 12.1 Å². The second-order valence-electron chi connectivity index (χ2n) is 3.98. The van der Waals surface area contributed by atoms with E-state index < -0.39 is 0 Å². The first-order valence-electron chi connectivity index (χ1n) is 5.75. The Balaban J connectivity index is 1.90. The van der Waals surface area contributed by atoms with Gasteiger partial charge in [0, 0.05) is 12.8 Å². The number of isocyanates is 1. The van der Waals surface area contributed by atoms with Gasteiger partial charge in [-0.3, -0.25) is 0 Å². The van der Waals surface area contributed by atoms with Crippen LogP contribution < -0.4 is 4.74 Å². The maximum Gasteiger partial charge on any atom is 0.235 e. The Morgan fingerprint density at radius 2 is 2.00 bits per heavy atom. The molecule has 0 radical (unpaired) electrons. The van der Waals surface area contributed by atoms with Gasteiger partial charge in [0.1, 0.15) is 11.9 Å². The summed E-state index contributed by atoms with van der Waals surface area (Å²) in [5.41, 5.74) is 0.979. The van der Waals surface area contributed by atoms with Crippen LogP contribution in [-0.4, -0.2) is 25.4 Å². The molecule has 1 aromatic rings. The molecule has 0 amide bonds. The normalized spacial score (nSPS) is 16.2. The molecule has 1 fully saturated rings. The lowest BCUT2D eigenvalue weighted by molar-refractivity contribution is 0.0255. The number of ether oxygens (including phenoxy) is 2. The van der Waals surface area contributed by atoms with Crippen LogP contribution in [0.15, 0.2) is 29.3 Å². The van der Waals surface area contributed by atoms with Gasteiger partial charge in [0.25, 0.3) is 0 Å². The van der Waals surface area contributed by atoms with E-state index in [1.165, 1.54) is 6.08 Å². The van der Waals surface area contributed by atoms with Crippen LogP contribution in [0.25, 0.3) is 0 Å². The highest BCUT2D eigenvalue weighted by atomic mass is 16.5. The smallest absolute Gasteiger partial charge is 0.235 e. The van der Waals surface area contributed by atoms with E-state index in [1.54, 1.807) is 0 Å². The molecule has 4 nitrogen and oxygen atoms in total. The molecule has 90 valence electrons. The molecule has 0 bridgehead atoms. The van der Waals surface area contributed by atoms with Crippen molar-refractivity contribution in [3.8, 4) is 5.75 Å². The minimum absolute atomic E-state index is 0.252. The number of nitrogens with zero attached hydrogens (tertiary/aromatic N) is 1. The maximum atomic E-state index is 9.98. The zero-order chi connectivity index (χ0) is 11.9. The number of hydrogen-bond donors (Lipinski definition) is 0. The van der Waals surface area contributed by atoms with E-state index in [9.17, 15) is 4.79 Å². The van der Waals surface area contributed by atoms with Gasteiger partial charge in [0.15, 0.2) is 0 Å². The summed E-state index contributed by atoms with van der Waals surface area (Å²) in [4.78, 5) is 13.5. The summed E-state index contributed by atoms with van der Waals surface area (Å²) >= 11 is 0. The average Bonchev–Trinajstić information content (AvgIpc) is 2.39. The van der Waals surface area contributed by atoms with Crippen LogP contribution in [0.5, 0.6) is 5.75 Å². The van der Waals surface area contributed by atoms with Crippen LogP contribution >= 0.6 is 0 Å². The van der Waals surface area contributed by atoms with Crippen molar-refractivity contribution in [1.82, 2.24) is 0 Å². The van der Waals surface area contributed by atoms with Gasteiger partial charge < -0.3 is 9.47 Å². The molecule has 0 aliphatic carbocycles. The lowest BCUT2D eigenvalue weighted by Gasteiger charge is -2.23. The van der Waals surface area contributed by atoms with Crippen molar-refractivity contribution in [2.45, 2.75) is 25.5 Å². The Morgan fingerprint density at radius 1 is 1.29 bits per heavy atom. The molecule has 0 atom stereocenters. The van der Waals surface area contributed by atoms with E-state index in [2.05, 4.69) is 4.99 Å². The van der Waals surface area contributed by atoms with E-state index in [-0.39, 0.29) is 6.10 Å². The predicted molar refractivity (Wildman–Crippen MR) is 62.7 cm³/mol. The largest absolute Gasteiger partial charge is 0.490 e. The van der Waals surface area contributed by atoms with Gasteiger partial charge in [-0.15, -0.1) is 0 Å². The fraction of sp³-hybridized carbons (Fsp3) is 0.462. The molecule has 0 spiro atoms. The molecule has 4 heteroatoms. The molecule has 1 aliphatic heterocycles. The third-order valence-electron chi connectivity index (χ3n) is 2.72. The molecular weight excluding hydrogens is 218 g/mol. The van der Waals surface area contributed by atoms with Gasteiger partial charge in [-0.05, 0) is 17.7 Å². The van der Waals surface area contributed by atoms with E-state index >= 15 is 0 Å². The molecule has 2 rings (SSSR count). The Labute approximate surface area is 100 Å². The van der Waals surface area contributed by atoms with Crippen LogP contribution in [0.2, 0.25) is 0 Å². The lowest BCUT2D eigenvalue weighted by Crippen LogP contribution is -2.25. The molecular formula is C13H15NO3. The quantitative estimate of drug-likeness (QED) is 0.591. The summed E-state index contributed by atoms with van der Waals surface area (Å²) in [7, 11) is 0. The van der Waals surface area contributed by atoms with Gasteiger partial charge in [0.2, 0.25) is 6.08 Å². The van der Waals surface area contributed by atoms with Gasteiger partial charge >= 0.3 is 0 Å². The molecule has 0 unspecified atom stereocenters. The second-order valence-corrected chi connectivity index (χ2v) is 3.98. The third-order valence-corrected chi connectivity index (χ3v) is 2.72. The van der Waals surface area contributed by atoms with Gasteiger partial charge in [-0.25, -0.2) is 9.79 Å². The first kappa shape index (κ1) is 11.8. The Hall–Kier alpha value is -1.64. The Kier molecular flexibility index (Phi) is 4.30. The maximum absolute atomic E-state index is 9.98. The Bertz CT molecular complexity index is 390. The summed E-state index contributed by atoms with van der Waals surface area (Å²) in [6.07, 6.45) is 3.66. The number of hydrogen-bond acceptors (Lipinski definition) is 4. The van der Waals surface area contributed by atoms with Crippen LogP contribution in [0.1, 0.15) is 18.4 Å². The SMILES string of the molecule is O=C=NCc1ccc(OC2CCOCC2)cc1. The molecule has 0 saturated carbocycles. The monoisotopic (exact) mass is 233 g/mol. The lowest BCUT2D eigenvalue weighted by atomic mass is 10.1. The van der Waals surface area contributed by atoms with Crippen molar-refractivity contribution in [3.63, 3.8) is 0 Å². The average molecular weight is 233 g/mol. The van der Waals surface area contributed by atoms with Crippen LogP contribution in [-0.2, 0) is 16.1 Å². The van der Waals surface area contributed by atoms with Crippen LogP contribution in [0.3, 0.4) is 0 Å². The third kappa shape index (κ3) is 3.70. The minimum atomic E-state index is 0.252. The van der Waals surface area contributed by atoms with Crippen molar-refractivity contribution >= 4 is 6.08 Å². The fourth-order valence-electron chi connectivity index (χ4n) is 1.78. The van der Waals surface area contributed by atoms with Crippen molar-refractivity contribution in [1.29, 1.82) is 0 Å². The summed E-state index contributed by atoms with van der Waals surface area (Å²) in [5.74, 6) is 0.857. The van der Waals surface area contributed by atoms with Crippen LogP contribution in [0.4, 0.5) is 0 Å². The van der Waals surface area contributed by atoms with Crippen molar-refractivity contribution in [2.75, 3.05) is 13.2 Å². The highest BCUT2D eigenvalue weighted by molar-refractivity contribution is 5.34. The topological polar surface area (TPSA) is 47.9 Å². The van der Waals surface area contributed by atoms with E-state index in [1.807, 2.05) is 24.3 Å². The van der Waals surface area contributed by atoms with Crippen molar-refractivity contribution in [3.05, 3.63) is 29.8 Å². The standard InChI is InChI=1S/C13H15NO3/c15-10-14-9-11-1-3-12(4-2-11)17-13-5-7-16-8-6-13/h1-4,13H,5-9H2. The summed E-state index contributed by atoms with van der Waals surface area (Å²) in [5, 5.41) is 0. The van der Waals surface area contributed by atoms with E-state index in [4.69, 9.17) is 9.47 Å². The second kappa shape index (κ2) is 6.18. The predicted octanol–water partition coefficient (Wildman–Crippen LogP) is 2.08. The molecule has 1 aromatic carbocycles. The zero-order valence-electron chi connectivity index (χ0n) is 9.59. The van der Waals surface area contributed by atoms with Crippen molar-refractivity contribution < 1.29 is 14.3 Å². The number of aliphatic imine (C=N–C) groups is 1. The first-order chi connectivity index (χ1) is 8.38.